The highest BCUT2D eigenvalue weighted by molar-refractivity contribution is 7.90. The first-order chi connectivity index (χ1) is 22.5. The van der Waals surface area contributed by atoms with Gasteiger partial charge < -0.3 is 14.7 Å². The van der Waals surface area contributed by atoms with Gasteiger partial charge in [-0.1, -0.05) is 30.7 Å². The van der Waals surface area contributed by atoms with Crippen molar-refractivity contribution in [3.8, 4) is 5.75 Å². The molecule has 1 fully saturated rings. The van der Waals surface area contributed by atoms with Crippen LogP contribution in [0.5, 0.6) is 5.75 Å². The van der Waals surface area contributed by atoms with Crippen molar-refractivity contribution >= 4 is 33.2 Å². The van der Waals surface area contributed by atoms with Crippen LogP contribution in [0.3, 0.4) is 0 Å². The average Bonchev–Trinajstić information content (AvgIpc) is 3.19. The van der Waals surface area contributed by atoms with E-state index in [2.05, 4.69) is 31.7 Å². The highest BCUT2D eigenvalue weighted by atomic mass is 35.5. The third kappa shape index (κ3) is 5.82. The van der Waals surface area contributed by atoms with Crippen LogP contribution in [-0.2, 0) is 27.5 Å². The van der Waals surface area contributed by atoms with Gasteiger partial charge in [-0.15, -0.1) is 0 Å². The van der Waals surface area contributed by atoms with Crippen LogP contribution < -0.4 is 14.4 Å². The predicted octanol–water partition coefficient (Wildman–Crippen LogP) is 5.56. The van der Waals surface area contributed by atoms with E-state index < -0.39 is 26.8 Å². The topological polar surface area (TPSA) is 122 Å². The van der Waals surface area contributed by atoms with E-state index in [1.54, 1.807) is 49.7 Å². The van der Waals surface area contributed by atoms with Crippen LogP contribution in [0.2, 0.25) is 5.02 Å². The maximum absolute atomic E-state index is 13.5. The van der Waals surface area contributed by atoms with Gasteiger partial charge in [-0.25, -0.2) is 23.1 Å². The highest BCUT2D eigenvalue weighted by Crippen LogP contribution is 2.50. The fourth-order valence-corrected chi connectivity index (χ4v) is 9.50. The molecule has 248 valence electrons. The minimum absolute atomic E-state index is 0.0897. The van der Waals surface area contributed by atoms with Crippen LogP contribution >= 0.6 is 11.6 Å². The van der Waals surface area contributed by atoms with E-state index in [1.807, 2.05) is 19.1 Å². The molecular formula is C36H41ClN4O5S. The van der Waals surface area contributed by atoms with Gasteiger partial charge in [0.2, 0.25) is 10.0 Å². The van der Waals surface area contributed by atoms with E-state index in [9.17, 15) is 18.3 Å². The van der Waals surface area contributed by atoms with Gasteiger partial charge in [-0.3, -0.25) is 4.79 Å². The van der Waals surface area contributed by atoms with Gasteiger partial charge in [0.05, 0.1) is 17.5 Å². The molecule has 0 unspecified atom stereocenters. The van der Waals surface area contributed by atoms with Crippen molar-refractivity contribution in [1.29, 1.82) is 0 Å². The van der Waals surface area contributed by atoms with Crippen molar-refractivity contribution in [3.63, 3.8) is 0 Å². The van der Waals surface area contributed by atoms with Crippen LogP contribution in [0.15, 0.2) is 67.0 Å². The normalized spacial score (nSPS) is 32.5. The minimum Gasteiger partial charge on any atom is -0.490 e. The summed E-state index contributed by atoms with van der Waals surface area (Å²) in [4.78, 5) is 24.8. The van der Waals surface area contributed by atoms with Gasteiger partial charge in [0.15, 0.2) is 5.82 Å². The molecule has 11 heteroatoms. The lowest BCUT2D eigenvalue weighted by atomic mass is 9.63. The zero-order valence-electron chi connectivity index (χ0n) is 26.7. The van der Waals surface area contributed by atoms with E-state index in [4.69, 9.17) is 16.3 Å². The number of ether oxygens (including phenoxy) is 1. The van der Waals surface area contributed by atoms with Crippen molar-refractivity contribution < 1.29 is 23.1 Å². The summed E-state index contributed by atoms with van der Waals surface area (Å²) in [5.74, 6) is -0.0944. The molecule has 2 aromatic carbocycles. The van der Waals surface area contributed by atoms with Crippen molar-refractivity contribution in [2.45, 2.75) is 68.6 Å². The fourth-order valence-electron chi connectivity index (χ4n) is 8.02. The Kier molecular flexibility index (Phi) is 8.33. The number of sulfonamides is 1. The first-order valence-corrected chi connectivity index (χ1v) is 18.5. The summed E-state index contributed by atoms with van der Waals surface area (Å²) in [7, 11) is -4.00. The number of aromatic nitrogens is 2. The van der Waals surface area contributed by atoms with Crippen LogP contribution in [-0.4, -0.2) is 54.3 Å². The van der Waals surface area contributed by atoms with E-state index in [0.717, 1.165) is 37.8 Å². The van der Waals surface area contributed by atoms with Crippen LogP contribution in [0.1, 0.15) is 73.3 Å². The van der Waals surface area contributed by atoms with Gasteiger partial charge in [0.25, 0.3) is 5.91 Å². The maximum Gasteiger partial charge on any atom is 0.264 e. The first-order valence-electron chi connectivity index (χ1n) is 16.5. The summed E-state index contributed by atoms with van der Waals surface area (Å²) in [6.45, 7) is 5.13. The summed E-state index contributed by atoms with van der Waals surface area (Å²) < 4.78 is 35.7. The molecule has 1 saturated carbocycles. The number of amides is 1. The zero-order valence-corrected chi connectivity index (χ0v) is 28.3. The second-order valence-electron chi connectivity index (χ2n) is 13.9. The number of hydrogen-bond acceptors (Lipinski definition) is 8. The number of carbonyl (C=O) groups excluding carboxylic acids is 1. The lowest BCUT2D eigenvalue weighted by Gasteiger charge is -2.48. The van der Waals surface area contributed by atoms with E-state index >= 15 is 0 Å². The van der Waals surface area contributed by atoms with E-state index in [-0.39, 0.29) is 28.7 Å². The predicted molar refractivity (Wildman–Crippen MR) is 181 cm³/mol. The zero-order chi connectivity index (χ0) is 33.0. The Morgan fingerprint density at radius 1 is 1.11 bits per heavy atom. The number of nitrogens with one attached hydrogen (secondary N) is 1. The smallest absolute Gasteiger partial charge is 0.264 e. The molecule has 2 bridgehead atoms. The number of allylic oxidation sites excluding steroid dienone is 1. The van der Waals surface area contributed by atoms with E-state index in [0.29, 0.717) is 42.7 Å². The van der Waals surface area contributed by atoms with Crippen LogP contribution in [0.4, 0.5) is 5.69 Å². The number of rotatable bonds is 1. The number of aliphatic hydroxyl groups is 1. The molecule has 7 rings (SSSR count). The molecule has 9 nitrogen and oxygen atoms in total. The lowest BCUT2D eigenvalue weighted by Crippen LogP contribution is -2.52. The molecule has 2 aliphatic heterocycles. The van der Waals surface area contributed by atoms with E-state index in [1.165, 1.54) is 11.1 Å². The molecule has 4 aliphatic rings. The molecule has 0 radical (unpaired) electrons. The summed E-state index contributed by atoms with van der Waals surface area (Å²) in [6, 6.07) is 13.0. The molecule has 1 amide bonds. The fraction of sp³-hybridized carbons (Fsp3) is 0.472. The number of anilines is 1. The number of hydrogen-bond donors (Lipinski definition) is 2. The monoisotopic (exact) mass is 676 g/mol. The number of halogens is 1. The number of fused-ring (bicyclic) bond motifs is 4. The third-order valence-electron chi connectivity index (χ3n) is 11.1. The quantitative estimate of drug-likeness (QED) is 0.322. The molecule has 2 N–H and O–H groups in total. The molecular weight excluding hydrogens is 636 g/mol. The summed E-state index contributed by atoms with van der Waals surface area (Å²) >= 11 is 6.43. The SMILES string of the molecule is C[C@@H]1[C@@H](C)C/C=C\[C@@](O)(c2ncccn2)[C@@H]2CC[C@H]2CN2C[C@@]3(CCCc4cc(Cl)ccc43)COc3ccc(cc32)C(=O)NS1(=O)=O. The molecule has 1 spiro atoms. The largest absolute Gasteiger partial charge is 0.490 e. The van der Waals surface area contributed by atoms with Gasteiger partial charge in [0.1, 0.15) is 11.4 Å². The third-order valence-corrected chi connectivity index (χ3v) is 13.2. The molecule has 2 aliphatic carbocycles. The Bertz CT molecular complexity index is 1820. The van der Waals surface area contributed by atoms with Crippen LogP contribution in [0, 0.1) is 17.8 Å². The average molecular weight is 677 g/mol. The number of aryl methyl sites for hydroxylation is 1. The first kappa shape index (κ1) is 32.1. The second-order valence-corrected chi connectivity index (χ2v) is 16.4. The molecule has 47 heavy (non-hydrogen) atoms. The summed E-state index contributed by atoms with van der Waals surface area (Å²) in [5.41, 5.74) is 1.68. The van der Waals surface area contributed by atoms with Crippen molar-refractivity contribution in [1.82, 2.24) is 14.7 Å². The standard InChI is InChI=1S/C36H41ClN4O5S/c1-23-6-3-15-36(43,34-38-16-5-17-39-34)30-11-8-27(30)20-41-21-35(14-4-7-25-18-28(37)10-12-29(25)35)22-46-32-13-9-26(19-31(32)41)33(42)40-47(44,45)24(23)2/h3,5,9-10,12-13,15-19,23-24,27,30,43H,4,6-8,11,14,20-22H2,1-2H3,(H,40,42)/b15-3-/t23-,24+,27-,30+,35-,36-/m0/s1. The van der Waals surface area contributed by atoms with Crippen LogP contribution in [0.25, 0.3) is 0 Å². The minimum atomic E-state index is -4.00. The van der Waals surface area contributed by atoms with Gasteiger partial charge in [-0.05, 0) is 111 Å². The maximum atomic E-state index is 13.5. The lowest BCUT2D eigenvalue weighted by molar-refractivity contribution is -0.0561. The Balaban J connectivity index is 1.35. The molecule has 0 saturated heterocycles. The Hall–Kier alpha value is -3.47. The van der Waals surface area contributed by atoms with Gasteiger partial charge in [0, 0.05) is 47.4 Å². The number of nitrogens with zero attached hydrogens (tertiary/aromatic N) is 3. The molecule has 6 atom stereocenters. The number of benzene rings is 2. The Morgan fingerprint density at radius 2 is 1.91 bits per heavy atom. The highest BCUT2D eigenvalue weighted by Gasteiger charge is 2.50. The molecule has 3 heterocycles. The molecule has 1 aromatic heterocycles. The van der Waals surface area contributed by atoms with Crippen molar-refractivity contribution in [2.75, 3.05) is 24.6 Å². The van der Waals surface area contributed by atoms with Crippen molar-refractivity contribution in [2.24, 2.45) is 17.8 Å². The second kappa shape index (κ2) is 12.2. The Labute approximate surface area is 281 Å². The Morgan fingerprint density at radius 3 is 2.68 bits per heavy atom. The summed E-state index contributed by atoms with van der Waals surface area (Å²) in [6.07, 6.45) is 11.8. The van der Waals surface area contributed by atoms with Crippen molar-refractivity contribution in [3.05, 3.63) is 94.5 Å². The van der Waals surface area contributed by atoms with Gasteiger partial charge in [-0.2, -0.15) is 0 Å². The molecule has 3 aromatic rings. The number of carbonyl (C=O) groups is 1. The summed E-state index contributed by atoms with van der Waals surface area (Å²) in [5, 5.41) is 12.3. The van der Waals surface area contributed by atoms with Gasteiger partial charge >= 0.3 is 0 Å².